The molecule has 8 heteroatoms. The van der Waals surface area contributed by atoms with E-state index in [4.69, 9.17) is 0 Å². The molecule has 2 aliphatic carbocycles. The van der Waals surface area contributed by atoms with Gasteiger partial charge >= 0.3 is 11.1 Å². The van der Waals surface area contributed by atoms with Crippen molar-refractivity contribution in [3.8, 4) is 0 Å². The lowest BCUT2D eigenvalue weighted by Gasteiger charge is -2.29. The molecule has 3 aromatic rings. The SMILES string of the molecule is O=c1[nH]c2ccc(S(=O)(=O)N(C3CC3)C3CCc4ccccc43)cc2[nH]c1=O. The van der Waals surface area contributed by atoms with Gasteiger partial charge in [0.15, 0.2) is 0 Å². The normalized spacial score (nSPS) is 19.2. The Morgan fingerprint density at radius 3 is 2.36 bits per heavy atom. The fourth-order valence-electron chi connectivity index (χ4n) is 4.12. The molecule has 1 fully saturated rings. The van der Waals surface area contributed by atoms with E-state index in [1.54, 1.807) is 4.31 Å². The van der Waals surface area contributed by atoms with Crippen LogP contribution < -0.4 is 11.1 Å². The van der Waals surface area contributed by atoms with E-state index in [1.165, 1.54) is 23.8 Å². The Morgan fingerprint density at radius 1 is 0.893 bits per heavy atom. The molecule has 0 saturated heterocycles. The van der Waals surface area contributed by atoms with E-state index in [0.29, 0.717) is 11.0 Å². The summed E-state index contributed by atoms with van der Waals surface area (Å²) in [5.74, 6) is 0. The van der Waals surface area contributed by atoms with Crippen molar-refractivity contribution in [1.29, 1.82) is 0 Å². The van der Waals surface area contributed by atoms with Crippen molar-refractivity contribution in [3.05, 3.63) is 74.3 Å². The molecule has 0 radical (unpaired) electrons. The minimum atomic E-state index is -3.76. The number of aromatic amines is 2. The van der Waals surface area contributed by atoms with Crippen LogP contribution >= 0.6 is 0 Å². The van der Waals surface area contributed by atoms with Crippen molar-refractivity contribution in [2.24, 2.45) is 0 Å². The first-order chi connectivity index (χ1) is 13.4. The number of nitrogens with one attached hydrogen (secondary N) is 2. The maximum absolute atomic E-state index is 13.6. The van der Waals surface area contributed by atoms with Crippen molar-refractivity contribution in [3.63, 3.8) is 0 Å². The largest absolute Gasteiger partial charge is 0.316 e. The van der Waals surface area contributed by atoms with Crippen LogP contribution in [0.3, 0.4) is 0 Å². The van der Waals surface area contributed by atoms with E-state index in [-0.39, 0.29) is 17.0 Å². The topological polar surface area (TPSA) is 103 Å². The van der Waals surface area contributed by atoms with E-state index >= 15 is 0 Å². The highest BCUT2D eigenvalue weighted by molar-refractivity contribution is 7.89. The van der Waals surface area contributed by atoms with Gasteiger partial charge in [-0.05, 0) is 55.0 Å². The Balaban J connectivity index is 1.62. The monoisotopic (exact) mass is 397 g/mol. The molecule has 5 rings (SSSR count). The van der Waals surface area contributed by atoms with Crippen LogP contribution in [0.25, 0.3) is 11.0 Å². The van der Waals surface area contributed by atoms with Gasteiger partial charge in [-0.2, -0.15) is 4.31 Å². The van der Waals surface area contributed by atoms with Gasteiger partial charge in [0.1, 0.15) is 0 Å². The summed E-state index contributed by atoms with van der Waals surface area (Å²) in [6.45, 7) is 0. The predicted octanol–water partition coefficient (Wildman–Crippen LogP) is 2.06. The smallest absolute Gasteiger partial charge is 0.314 e. The van der Waals surface area contributed by atoms with Crippen molar-refractivity contribution >= 4 is 21.1 Å². The van der Waals surface area contributed by atoms with Gasteiger partial charge in [-0.15, -0.1) is 0 Å². The van der Waals surface area contributed by atoms with Crippen LogP contribution in [0.2, 0.25) is 0 Å². The third-order valence-electron chi connectivity index (χ3n) is 5.58. The summed E-state index contributed by atoms with van der Waals surface area (Å²) >= 11 is 0. The van der Waals surface area contributed by atoms with Gasteiger partial charge < -0.3 is 9.97 Å². The van der Waals surface area contributed by atoms with Crippen molar-refractivity contribution in [2.75, 3.05) is 0 Å². The molecule has 1 atom stereocenters. The van der Waals surface area contributed by atoms with Crippen molar-refractivity contribution in [2.45, 2.75) is 42.7 Å². The Bertz CT molecular complexity index is 1300. The zero-order valence-corrected chi connectivity index (χ0v) is 15.8. The molecule has 1 aromatic heterocycles. The standard InChI is InChI=1S/C20H19N3O4S/c24-19-20(25)22-17-11-14(8-9-16(17)21-19)28(26,27)23(13-6-7-13)18-10-5-12-3-1-2-4-15(12)18/h1-4,8-9,11,13,18H,5-7,10H2,(H,21,24)(H,22,25). The van der Waals surface area contributed by atoms with Gasteiger partial charge in [-0.1, -0.05) is 24.3 Å². The number of hydrogen-bond acceptors (Lipinski definition) is 4. The predicted molar refractivity (Wildman–Crippen MR) is 105 cm³/mol. The van der Waals surface area contributed by atoms with E-state index in [2.05, 4.69) is 16.0 Å². The van der Waals surface area contributed by atoms with Crippen LogP contribution in [-0.4, -0.2) is 28.7 Å². The molecule has 1 heterocycles. The van der Waals surface area contributed by atoms with Gasteiger partial charge in [0.05, 0.1) is 22.0 Å². The summed E-state index contributed by atoms with van der Waals surface area (Å²) in [4.78, 5) is 28.2. The summed E-state index contributed by atoms with van der Waals surface area (Å²) in [6.07, 6.45) is 3.35. The number of fused-ring (bicyclic) bond motifs is 2. The van der Waals surface area contributed by atoms with Gasteiger partial charge in [0.2, 0.25) is 10.0 Å². The molecule has 2 aliphatic rings. The third kappa shape index (κ3) is 2.71. The Labute approximate surface area is 161 Å². The summed E-state index contributed by atoms with van der Waals surface area (Å²) in [7, 11) is -3.76. The highest BCUT2D eigenvalue weighted by Gasteiger charge is 2.44. The lowest BCUT2D eigenvalue weighted by molar-refractivity contribution is 0.314. The zero-order chi connectivity index (χ0) is 19.5. The molecule has 1 saturated carbocycles. The Hall–Kier alpha value is -2.71. The number of benzene rings is 2. The summed E-state index contributed by atoms with van der Waals surface area (Å²) < 4.78 is 28.8. The van der Waals surface area contributed by atoms with Crippen molar-refractivity contribution in [1.82, 2.24) is 14.3 Å². The minimum Gasteiger partial charge on any atom is -0.316 e. The van der Waals surface area contributed by atoms with Crippen LogP contribution in [0.4, 0.5) is 0 Å². The number of hydrogen-bond donors (Lipinski definition) is 2. The summed E-state index contributed by atoms with van der Waals surface area (Å²) in [6, 6.07) is 12.3. The van der Waals surface area contributed by atoms with E-state index in [1.807, 2.05) is 18.2 Å². The Kier molecular flexibility index (Phi) is 3.82. The fourth-order valence-corrected chi connectivity index (χ4v) is 6.03. The number of rotatable bonds is 4. The molecule has 2 N–H and O–H groups in total. The van der Waals surface area contributed by atoms with Gasteiger partial charge in [-0.3, -0.25) is 9.59 Å². The van der Waals surface area contributed by atoms with Gasteiger partial charge in [-0.25, -0.2) is 8.42 Å². The molecule has 0 bridgehead atoms. The summed E-state index contributed by atoms with van der Waals surface area (Å²) in [5.41, 5.74) is 1.42. The van der Waals surface area contributed by atoms with Crippen LogP contribution in [0.5, 0.6) is 0 Å². The molecule has 0 aliphatic heterocycles. The highest BCUT2D eigenvalue weighted by atomic mass is 32.2. The lowest BCUT2D eigenvalue weighted by Crippen LogP contribution is -2.36. The molecule has 7 nitrogen and oxygen atoms in total. The second-order valence-electron chi connectivity index (χ2n) is 7.44. The Morgan fingerprint density at radius 2 is 1.61 bits per heavy atom. The van der Waals surface area contributed by atoms with Gasteiger partial charge in [0, 0.05) is 6.04 Å². The molecule has 144 valence electrons. The molecule has 0 amide bonds. The average molecular weight is 397 g/mol. The second kappa shape index (κ2) is 6.15. The minimum absolute atomic E-state index is 0.00600. The van der Waals surface area contributed by atoms with Crippen LogP contribution in [0.1, 0.15) is 36.4 Å². The van der Waals surface area contributed by atoms with E-state index in [9.17, 15) is 18.0 Å². The summed E-state index contributed by atoms with van der Waals surface area (Å²) in [5, 5.41) is 0. The number of aromatic nitrogens is 2. The van der Waals surface area contributed by atoms with E-state index in [0.717, 1.165) is 31.2 Å². The quantitative estimate of drug-likeness (QED) is 0.658. The highest BCUT2D eigenvalue weighted by Crippen LogP contribution is 2.45. The number of nitrogens with zero attached hydrogens (tertiary/aromatic N) is 1. The van der Waals surface area contributed by atoms with Crippen LogP contribution in [0.15, 0.2) is 56.9 Å². The fraction of sp³-hybridized carbons (Fsp3) is 0.300. The van der Waals surface area contributed by atoms with Crippen LogP contribution in [0, 0.1) is 0 Å². The lowest BCUT2D eigenvalue weighted by atomic mass is 10.1. The number of H-pyrrole nitrogens is 2. The third-order valence-corrected chi connectivity index (χ3v) is 7.54. The average Bonchev–Trinajstić information content (AvgIpc) is 3.42. The van der Waals surface area contributed by atoms with Crippen LogP contribution in [-0.2, 0) is 16.4 Å². The molecule has 0 spiro atoms. The zero-order valence-electron chi connectivity index (χ0n) is 15.0. The molecular weight excluding hydrogens is 378 g/mol. The first-order valence-corrected chi connectivity index (χ1v) is 10.8. The number of aryl methyl sites for hydroxylation is 1. The second-order valence-corrected chi connectivity index (χ2v) is 9.28. The van der Waals surface area contributed by atoms with E-state index < -0.39 is 21.1 Å². The first kappa shape index (κ1) is 17.4. The molecule has 1 unspecified atom stereocenters. The molecule has 28 heavy (non-hydrogen) atoms. The van der Waals surface area contributed by atoms with Gasteiger partial charge in [0.25, 0.3) is 0 Å². The maximum Gasteiger partial charge on any atom is 0.314 e. The molecular formula is C20H19N3O4S. The maximum atomic E-state index is 13.6. The van der Waals surface area contributed by atoms with Crippen molar-refractivity contribution < 1.29 is 8.42 Å². The molecule has 2 aromatic carbocycles. The first-order valence-electron chi connectivity index (χ1n) is 9.33. The number of sulfonamides is 1.